The van der Waals surface area contributed by atoms with Crippen LogP contribution in [0.15, 0.2) is 51.8 Å². The van der Waals surface area contributed by atoms with E-state index in [2.05, 4.69) is 4.98 Å². The summed E-state index contributed by atoms with van der Waals surface area (Å²) in [5.41, 5.74) is 1.12. The van der Waals surface area contributed by atoms with Gasteiger partial charge in [0.1, 0.15) is 5.52 Å². The lowest BCUT2D eigenvalue weighted by Crippen LogP contribution is -2.11. The molecule has 0 spiro atoms. The number of fused-ring (bicyclic) bond motifs is 1. The fraction of sp³-hybridized carbons (Fsp3) is 0.235. The molecule has 0 radical (unpaired) electrons. The first-order chi connectivity index (χ1) is 12.3. The van der Waals surface area contributed by atoms with Crippen LogP contribution in [-0.2, 0) is 20.0 Å². The number of nitrogens with zero attached hydrogens (tertiary/aromatic N) is 1. The molecule has 0 aliphatic heterocycles. The standard InChI is InChI=1S/C17H17NO6S2/c1-3-25(19,20)12-9-10-16-14(11-12)18-17(23-16)13-7-5-6-8-15(13)24-26(21,22)4-2/h5-11H,3-4H2,1-2H3. The van der Waals surface area contributed by atoms with Gasteiger partial charge in [0.15, 0.2) is 21.2 Å². The molecule has 2 aromatic carbocycles. The van der Waals surface area contributed by atoms with Crippen LogP contribution in [0.4, 0.5) is 0 Å². The summed E-state index contributed by atoms with van der Waals surface area (Å²) in [5.74, 6) is 0.0530. The van der Waals surface area contributed by atoms with Crippen molar-refractivity contribution in [3.8, 4) is 17.2 Å². The van der Waals surface area contributed by atoms with Crippen LogP contribution in [-0.4, -0.2) is 33.3 Å². The summed E-state index contributed by atoms with van der Waals surface area (Å²) in [6.07, 6.45) is 0. The fourth-order valence-electron chi connectivity index (χ4n) is 2.29. The molecule has 9 heteroatoms. The summed E-state index contributed by atoms with van der Waals surface area (Å²) in [6.45, 7) is 3.04. The van der Waals surface area contributed by atoms with Gasteiger partial charge < -0.3 is 8.60 Å². The zero-order valence-electron chi connectivity index (χ0n) is 14.2. The zero-order valence-corrected chi connectivity index (χ0v) is 15.8. The molecule has 0 amide bonds. The molecule has 0 saturated heterocycles. The van der Waals surface area contributed by atoms with Crippen molar-refractivity contribution in [3.63, 3.8) is 0 Å². The second-order valence-corrected chi connectivity index (χ2v) is 9.62. The maximum atomic E-state index is 12.0. The van der Waals surface area contributed by atoms with Gasteiger partial charge in [-0.3, -0.25) is 0 Å². The minimum atomic E-state index is -3.71. The quantitative estimate of drug-likeness (QED) is 0.591. The second kappa shape index (κ2) is 6.73. The SMILES string of the molecule is CCS(=O)(=O)Oc1ccccc1-c1nc2cc(S(=O)(=O)CC)ccc2o1. The highest BCUT2D eigenvalue weighted by atomic mass is 32.2. The number of sulfone groups is 1. The van der Waals surface area contributed by atoms with E-state index >= 15 is 0 Å². The van der Waals surface area contributed by atoms with Crippen LogP contribution in [0, 0.1) is 0 Å². The number of hydrogen-bond acceptors (Lipinski definition) is 7. The molecule has 0 aliphatic carbocycles. The molecule has 1 aromatic heterocycles. The van der Waals surface area contributed by atoms with E-state index in [4.69, 9.17) is 8.60 Å². The topological polar surface area (TPSA) is 104 Å². The third kappa shape index (κ3) is 3.58. The summed E-state index contributed by atoms with van der Waals surface area (Å²) in [4.78, 5) is 4.46. The Hall–Kier alpha value is -2.39. The third-order valence-electron chi connectivity index (χ3n) is 3.79. The number of hydrogen-bond donors (Lipinski definition) is 0. The molecule has 7 nitrogen and oxygen atoms in total. The Morgan fingerprint density at radius 2 is 1.73 bits per heavy atom. The van der Waals surface area contributed by atoms with E-state index in [1.807, 2.05) is 0 Å². The van der Waals surface area contributed by atoms with Crippen LogP contribution in [0.2, 0.25) is 0 Å². The first-order valence-corrected chi connectivity index (χ1v) is 11.1. The normalized spacial score (nSPS) is 12.4. The maximum Gasteiger partial charge on any atom is 0.308 e. The summed E-state index contributed by atoms with van der Waals surface area (Å²) in [7, 11) is -7.08. The van der Waals surface area contributed by atoms with Gasteiger partial charge >= 0.3 is 10.1 Å². The Kier molecular flexibility index (Phi) is 4.76. The molecule has 1 heterocycles. The van der Waals surface area contributed by atoms with Crippen molar-refractivity contribution in [1.29, 1.82) is 0 Å². The number of para-hydroxylation sites is 1. The number of benzene rings is 2. The molecule has 0 fully saturated rings. The molecular weight excluding hydrogens is 378 g/mol. The lowest BCUT2D eigenvalue weighted by Gasteiger charge is -2.07. The monoisotopic (exact) mass is 395 g/mol. The summed E-state index contributed by atoms with van der Waals surface area (Å²) >= 11 is 0. The molecule has 138 valence electrons. The Morgan fingerprint density at radius 1 is 1.00 bits per heavy atom. The molecule has 3 rings (SSSR count). The molecule has 0 bridgehead atoms. The largest absolute Gasteiger partial charge is 0.436 e. The smallest absolute Gasteiger partial charge is 0.308 e. The van der Waals surface area contributed by atoms with Crippen LogP contribution in [0.5, 0.6) is 5.75 Å². The first-order valence-electron chi connectivity index (χ1n) is 7.90. The van der Waals surface area contributed by atoms with Crippen molar-refractivity contribution >= 4 is 31.1 Å². The number of rotatable bonds is 6. The van der Waals surface area contributed by atoms with Crippen molar-refractivity contribution in [2.24, 2.45) is 0 Å². The first kappa shape index (κ1) is 18.4. The average Bonchev–Trinajstić information content (AvgIpc) is 3.05. The summed E-state index contributed by atoms with van der Waals surface area (Å²) in [5, 5.41) is 0. The van der Waals surface area contributed by atoms with Gasteiger partial charge in [-0.1, -0.05) is 19.1 Å². The van der Waals surface area contributed by atoms with Gasteiger partial charge in [0.2, 0.25) is 5.89 Å². The highest BCUT2D eigenvalue weighted by Gasteiger charge is 2.19. The van der Waals surface area contributed by atoms with E-state index < -0.39 is 20.0 Å². The maximum absolute atomic E-state index is 12.0. The van der Waals surface area contributed by atoms with Gasteiger partial charge in [0.25, 0.3) is 0 Å². The van der Waals surface area contributed by atoms with Crippen LogP contribution in [0.3, 0.4) is 0 Å². The van der Waals surface area contributed by atoms with Crippen LogP contribution in [0.1, 0.15) is 13.8 Å². The highest BCUT2D eigenvalue weighted by molar-refractivity contribution is 7.91. The van der Waals surface area contributed by atoms with Crippen LogP contribution >= 0.6 is 0 Å². The van der Waals surface area contributed by atoms with Gasteiger partial charge in [0, 0.05) is 0 Å². The number of aromatic nitrogens is 1. The van der Waals surface area contributed by atoms with Gasteiger partial charge in [-0.15, -0.1) is 0 Å². The Bertz CT molecular complexity index is 1160. The molecule has 0 aliphatic rings. The van der Waals surface area contributed by atoms with E-state index in [1.54, 1.807) is 25.1 Å². The third-order valence-corrected chi connectivity index (χ3v) is 6.66. The van der Waals surface area contributed by atoms with E-state index in [0.29, 0.717) is 16.7 Å². The van der Waals surface area contributed by atoms with Gasteiger partial charge in [0.05, 0.1) is 22.0 Å². The van der Waals surface area contributed by atoms with Crippen LogP contribution in [0.25, 0.3) is 22.6 Å². The summed E-state index contributed by atoms with van der Waals surface area (Å²) in [6, 6.07) is 10.9. The predicted octanol–water partition coefficient (Wildman–Crippen LogP) is 3.02. The average molecular weight is 395 g/mol. The van der Waals surface area contributed by atoms with E-state index in [0.717, 1.165) is 0 Å². The molecule has 0 saturated carbocycles. The molecule has 3 aromatic rings. The Morgan fingerprint density at radius 3 is 2.42 bits per heavy atom. The van der Waals surface area contributed by atoms with Crippen molar-refractivity contribution in [3.05, 3.63) is 42.5 Å². The zero-order chi connectivity index (χ0) is 18.9. The van der Waals surface area contributed by atoms with E-state index in [9.17, 15) is 16.8 Å². The molecule has 0 N–H and O–H groups in total. The lowest BCUT2D eigenvalue weighted by atomic mass is 10.2. The highest BCUT2D eigenvalue weighted by Crippen LogP contribution is 2.33. The van der Waals surface area contributed by atoms with Gasteiger partial charge in [-0.25, -0.2) is 13.4 Å². The minimum absolute atomic E-state index is 0.0191. The van der Waals surface area contributed by atoms with Gasteiger partial charge in [-0.05, 0) is 37.3 Å². The van der Waals surface area contributed by atoms with Crippen LogP contribution < -0.4 is 4.18 Å². The lowest BCUT2D eigenvalue weighted by molar-refractivity contribution is 0.487. The fourth-order valence-corrected chi connectivity index (χ4v) is 3.73. The molecular formula is C17H17NO6S2. The van der Waals surface area contributed by atoms with Crippen molar-refractivity contribution < 1.29 is 25.4 Å². The van der Waals surface area contributed by atoms with Crippen molar-refractivity contribution in [2.75, 3.05) is 11.5 Å². The predicted molar refractivity (Wildman–Crippen MR) is 97.3 cm³/mol. The summed E-state index contributed by atoms with van der Waals surface area (Å²) < 4.78 is 58.4. The minimum Gasteiger partial charge on any atom is -0.436 e. The second-order valence-electron chi connectivity index (χ2n) is 5.48. The van der Waals surface area contributed by atoms with E-state index in [1.165, 1.54) is 31.2 Å². The Balaban J connectivity index is 2.10. The van der Waals surface area contributed by atoms with Gasteiger partial charge in [-0.2, -0.15) is 8.42 Å². The number of oxazole rings is 1. The molecule has 0 atom stereocenters. The van der Waals surface area contributed by atoms with E-state index in [-0.39, 0.29) is 28.0 Å². The van der Waals surface area contributed by atoms with Crippen molar-refractivity contribution in [2.45, 2.75) is 18.7 Å². The van der Waals surface area contributed by atoms with Crippen molar-refractivity contribution in [1.82, 2.24) is 4.98 Å². The molecule has 0 unspecified atom stereocenters. The molecule has 26 heavy (non-hydrogen) atoms. The Labute approximate surface area is 151 Å².